The van der Waals surface area contributed by atoms with Gasteiger partial charge in [0, 0.05) is 36.0 Å². The van der Waals surface area contributed by atoms with Crippen LogP contribution in [-0.2, 0) is 6.54 Å². The van der Waals surface area contributed by atoms with Gasteiger partial charge in [0.05, 0.1) is 12.8 Å². The van der Waals surface area contributed by atoms with Crippen LogP contribution in [0.15, 0.2) is 56.0 Å². The SMILES string of the molecule is O=C(c1cc2cc(Br)ccc2o1)N1CCN(Cc2ccco2)CC1. The van der Waals surface area contributed by atoms with Crippen LogP contribution >= 0.6 is 15.9 Å². The van der Waals surface area contributed by atoms with Gasteiger partial charge in [0.15, 0.2) is 5.76 Å². The zero-order chi connectivity index (χ0) is 16.5. The summed E-state index contributed by atoms with van der Waals surface area (Å²) in [5.74, 6) is 1.32. The molecule has 6 heteroatoms. The van der Waals surface area contributed by atoms with Gasteiger partial charge in [0.1, 0.15) is 11.3 Å². The van der Waals surface area contributed by atoms with Gasteiger partial charge < -0.3 is 13.7 Å². The highest BCUT2D eigenvalue weighted by Gasteiger charge is 2.24. The van der Waals surface area contributed by atoms with Gasteiger partial charge in [-0.3, -0.25) is 9.69 Å². The van der Waals surface area contributed by atoms with Gasteiger partial charge in [-0.05, 0) is 36.4 Å². The van der Waals surface area contributed by atoms with E-state index in [9.17, 15) is 4.79 Å². The molecule has 3 heterocycles. The second-order valence-electron chi connectivity index (χ2n) is 5.94. The lowest BCUT2D eigenvalue weighted by Gasteiger charge is -2.33. The van der Waals surface area contributed by atoms with E-state index < -0.39 is 0 Å². The molecule has 0 unspecified atom stereocenters. The lowest BCUT2D eigenvalue weighted by Crippen LogP contribution is -2.48. The number of hydrogen-bond donors (Lipinski definition) is 0. The molecular formula is C18H17BrN2O3. The Hall–Kier alpha value is -2.05. The highest BCUT2D eigenvalue weighted by molar-refractivity contribution is 9.10. The lowest BCUT2D eigenvalue weighted by molar-refractivity contribution is 0.0592. The summed E-state index contributed by atoms with van der Waals surface area (Å²) in [7, 11) is 0. The van der Waals surface area contributed by atoms with Crippen molar-refractivity contribution in [2.45, 2.75) is 6.54 Å². The normalized spacial score (nSPS) is 16.0. The number of furan rings is 2. The molecule has 1 saturated heterocycles. The first-order chi connectivity index (χ1) is 11.7. The monoisotopic (exact) mass is 388 g/mol. The fourth-order valence-electron chi connectivity index (χ4n) is 3.01. The van der Waals surface area contributed by atoms with E-state index in [2.05, 4.69) is 20.8 Å². The fraction of sp³-hybridized carbons (Fsp3) is 0.278. The number of fused-ring (bicyclic) bond motifs is 1. The quantitative estimate of drug-likeness (QED) is 0.685. The summed E-state index contributed by atoms with van der Waals surface area (Å²) in [5, 5.41) is 0.934. The maximum Gasteiger partial charge on any atom is 0.289 e. The largest absolute Gasteiger partial charge is 0.468 e. The van der Waals surface area contributed by atoms with Gasteiger partial charge >= 0.3 is 0 Å². The van der Waals surface area contributed by atoms with E-state index >= 15 is 0 Å². The standard InChI is InChI=1S/C18H17BrN2O3/c19-14-3-4-16-13(10-14)11-17(24-16)18(22)21-7-5-20(6-8-21)12-15-2-1-9-23-15/h1-4,9-11H,5-8,12H2. The highest BCUT2D eigenvalue weighted by Crippen LogP contribution is 2.24. The molecule has 3 aromatic rings. The van der Waals surface area contributed by atoms with Gasteiger partial charge in [0.25, 0.3) is 5.91 Å². The van der Waals surface area contributed by atoms with Gasteiger partial charge in [-0.1, -0.05) is 15.9 Å². The number of rotatable bonds is 3. The second kappa shape index (κ2) is 6.45. The number of carbonyl (C=O) groups is 1. The average molecular weight is 389 g/mol. The third kappa shape index (κ3) is 3.12. The third-order valence-corrected chi connectivity index (χ3v) is 4.80. The van der Waals surface area contributed by atoms with Crippen LogP contribution in [-0.4, -0.2) is 41.9 Å². The molecule has 0 saturated carbocycles. The summed E-state index contributed by atoms with van der Waals surface area (Å²) in [6.07, 6.45) is 1.69. The molecule has 0 N–H and O–H groups in total. The van der Waals surface area contributed by atoms with E-state index in [1.54, 1.807) is 6.26 Å². The van der Waals surface area contributed by atoms with Crippen molar-refractivity contribution in [3.8, 4) is 0 Å². The van der Waals surface area contributed by atoms with Crippen LogP contribution in [0.1, 0.15) is 16.3 Å². The molecule has 0 radical (unpaired) electrons. The molecule has 1 aromatic carbocycles. The van der Waals surface area contributed by atoms with Crippen LogP contribution in [0.25, 0.3) is 11.0 Å². The molecule has 0 aliphatic carbocycles. The van der Waals surface area contributed by atoms with Crippen LogP contribution in [0.2, 0.25) is 0 Å². The zero-order valence-corrected chi connectivity index (χ0v) is 14.7. The van der Waals surface area contributed by atoms with Gasteiger partial charge in [-0.2, -0.15) is 0 Å². The van der Waals surface area contributed by atoms with E-state index in [0.717, 1.165) is 40.8 Å². The Bertz CT molecular complexity index is 848. The molecule has 5 nitrogen and oxygen atoms in total. The van der Waals surface area contributed by atoms with E-state index in [-0.39, 0.29) is 5.91 Å². The van der Waals surface area contributed by atoms with Crippen molar-refractivity contribution in [2.24, 2.45) is 0 Å². The summed E-state index contributed by atoms with van der Waals surface area (Å²) < 4.78 is 12.1. The number of hydrogen-bond acceptors (Lipinski definition) is 4. The zero-order valence-electron chi connectivity index (χ0n) is 13.1. The first-order valence-corrected chi connectivity index (χ1v) is 8.71. The smallest absolute Gasteiger partial charge is 0.289 e. The molecule has 24 heavy (non-hydrogen) atoms. The minimum atomic E-state index is -0.0417. The Labute approximate surface area is 147 Å². The topological polar surface area (TPSA) is 49.8 Å². The van der Waals surface area contributed by atoms with Crippen molar-refractivity contribution in [3.63, 3.8) is 0 Å². The lowest BCUT2D eigenvalue weighted by atomic mass is 10.2. The molecule has 0 spiro atoms. The second-order valence-corrected chi connectivity index (χ2v) is 6.86. The maximum atomic E-state index is 12.7. The van der Waals surface area contributed by atoms with Gasteiger partial charge in [-0.25, -0.2) is 0 Å². The van der Waals surface area contributed by atoms with Crippen molar-refractivity contribution < 1.29 is 13.6 Å². The molecule has 4 rings (SSSR count). The number of benzene rings is 1. The van der Waals surface area contributed by atoms with E-state index in [0.29, 0.717) is 18.8 Å². The molecular weight excluding hydrogens is 372 g/mol. The Kier molecular flexibility index (Phi) is 4.16. The van der Waals surface area contributed by atoms with Crippen molar-refractivity contribution in [1.82, 2.24) is 9.80 Å². The average Bonchev–Trinajstić information content (AvgIpc) is 3.24. The Morgan fingerprint density at radius 1 is 1.12 bits per heavy atom. The van der Waals surface area contributed by atoms with Gasteiger partial charge in [-0.15, -0.1) is 0 Å². The predicted molar refractivity (Wildman–Crippen MR) is 93.8 cm³/mol. The van der Waals surface area contributed by atoms with Crippen molar-refractivity contribution in [2.75, 3.05) is 26.2 Å². The molecule has 2 aromatic heterocycles. The van der Waals surface area contributed by atoms with Crippen LogP contribution in [0.5, 0.6) is 0 Å². The Morgan fingerprint density at radius 3 is 2.71 bits per heavy atom. The molecule has 1 aliphatic heterocycles. The molecule has 1 amide bonds. The molecule has 1 fully saturated rings. The first kappa shape index (κ1) is 15.5. The van der Waals surface area contributed by atoms with E-state index in [1.807, 2.05) is 41.3 Å². The summed E-state index contributed by atoms with van der Waals surface area (Å²) in [6.45, 7) is 3.84. The molecule has 1 aliphatic rings. The fourth-order valence-corrected chi connectivity index (χ4v) is 3.39. The van der Waals surface area contributed by atoms with Crippen LogP contribution in [0, 0.1) is 0 Å². The summed E-state index contributed by atoms with van der Waals surface area (Å²) in [4.78, 5) is 16.8. The predicted octanol–water partition coefficient (Wildman–Crippen LogP) is 3.75. The molecule has 0 atom stereocenters. The van der Waals surface area contributed by atoms with Crippen molar-refractivity contribution in [1.29, 1.82) is 0 Å². The van der Waals surface area contributed by atoms with Gasteiger partial charge in [0.2, 0.25) is 0 Å². The number of carbonyl (C=O) groups excluding carboxylic acids is 1. The number of amides is 1. The third-order valence-electron chi connectivity index (χ3n) is 4.31. The van der Waals surface area contributed by atoms with E-state index in [4.69, 9.17) is 8.83 Å². The van der Waals surface area contributed by atoms with E-state index in [1.165, 1.54) is 0 Å². The molecule has 0 bridgehead atoms. The number of piperazine rings is 1. The first-order valence-electron chi connectivity index (χ1n) is 7.92. The maximum absolute atomic E-state index is 12.7. The Balaban J connectivity index is 1.41. The van der Waals surface area contributed by atoms with Crippen molar-refractivity contribution in [3.05, 3.63) is 58.7 Å². The number of halogens is 1. The summed E-state index contributed by atoms with van der Waals surface area (Å²) >= 11 is 3.44. The number of nitrogens with zero attached hydrogens (tertiary/aromatic N) is 2. The van der Waals surface area contributed by atoms with Crippen LogP contribution < -0.4 is 0 Å². The van der Waals surface area contributed by atoms with Crippen LogP contribution in [0.4, 0.5) is 0 Å². The van der Waals surface area contributed by atoms with Crippen LogP contribution in [0.3, 0.4) is 0 Å². The minimum absolute atomic E-state index is 0.0417. The highest BCUT2D eigenvalue weighted by atomic mass is 79.9. The van der Waals surface area contributed by atoms with Crippen molar-refractivity contribution >= 4 is 32.8 Å². The summed E-state index contributed by atoms with van der Waals surface area (Å²) in [5.41, 5.74) is 0.734. The molecule has 124 valence electrons. The summed E-state index contributed by atoms with van der Waals surface area (Å²) in [6, 6.07) is 11.4. The Morgan fingerprint density at radius 2 is 1.96 bits per heavy atom. The minimum Gasteiger partial charge on any atom is -0.468 e.